The number of carbonyl (C=O) groups excluding carboxylic acids is 1. The molecular formula is C20H28O4. The molecule has 7 atom stereocenters. The second kappa shape index (κ2) is 5.70. The van der Waals surface area contributed by atoms with Crippen LogP contribution in [0.1, 0.15) is 52.9 Å². The average molecular weight is 332 g/mol. The molecule has 0 radical (unpaired) electrons. The molecule has 4 aliphatic heterocycles. The molecule has 4 heterocycles. The Morgan fingerprint density at radius 3 is 2.88 bits per heavy atom. The van der Waals surface area contributed by atoms with Crippen LogP contribution in [-0.2, 0) is 19.0 Å². The number of esters is 1. The van der Waals surface area contributed by atoms with Crippen LogP contribution in [0.3, 0.4) is 0 Å². The quantitative estimate of drug-likeness (QED) is 0.386. The maximum absolute atomic E-state index is 12.1. The predicted octanol–water partition coefficient (Wildman–Crippen LogP) is 3.56. The zero-order chi connectivity index (χ0) is 17.1. The molecule has 0 aliphatic carbocycles. The summed E-state index contributed by atoms with van der Waals surface area (Å²) in [7, 11) is 0. The second-order valence-corrected chi connectivity index (χ2v) is 8.29. The highest BCUT2D eigenvalue weighted by atomic mass is 16.6. The zero-order valence-corrected chi connectivity index (χ0v) is 14.9. The number of hydrogen-bond donors (Lipinski definition) is 0. The Morgan fingerprint density at radius 2 is 2.08 bits per heavy atom. The molecule has 3 fully saturated rings. The molecule has 0 N–H and O–H groups in total. The standard InChI is InChI=1S/C20H28O4/c1-11-6-5-7-12(2)17-18-14(13(3)19(21)23-18)10-16(22-17)20(4)9-8-15(11)24-20/h6,12,14-18H,3,5,7-10H2,1-2,4H3/t12-,14+,15+,16+,17+,18-,20-/m1/s1. The molecule has 4 nitrogen and oxygen atoms in total. The van der Waals surface area contributed by atoms with Gasteiger partial charge in [0, 0.05) is 11.5 Å². The normalized spacial score (nSPS) is 48.4. The van der Waals surface area contributed by atoms with Gasteiger partial charge < -0.3 is 14.2 Å². The molecule has 0 aromatic carbocycles. The van der Waals surface area contributed by atoms with E-state index in [1.807, 2.05) is 0 Å². The van der Waals surface area contributed by atoms with E-state index < -0.39 is 0 Å². The minimum absolute atomic E-state index is 0.00616. The second-order valence-electron chi connectivity index (χ2n) is 8.29. The molecule has 0 spiro atoms. The first kappa shape index (κ1) is 16.3. The summed E-state index contributed by atoms with van der Waals surface area (Å²) in [5, 5.41) is 0. The van der Waals surface area contributed by atoms with Crippen molar-refractivity contribution in [2.75, 3.05) is 0 Å². The zero-order valence-electron chi connectivity index (χ0n) is 14.9. The summed E-state index contributed by atoms with van der Waals surface area (Å²) >= 11 is 0. The Bertz CT molecular complexity index is 594. The summed E-state index contributed by atoms with van der Waals surface area (Å²) in [4.78, 5) is 12.1. The van der Waals surface area contributed by atoms with E-state index in [1.165, 1.54) is 5.57 Å². The van der Waals surface area contributed by atoms with Gasteiger partial charge in [-0.2, -0.15) is 0 Å². The van der Waals surface area contributed by atoms with Gasteiger partial charge in [0.1, 0.15) is 6.10 Å². The molecule has 0 aromatic rings. The summed E-state index contributed by atoms with van der Waals surface area (Å²) in [5.41, 5.74) is 1.67. The fraction of sp³-hybridized carbons (Fsp3) is 0.750. The molecule has 4 rings (SSSR count). The van der Waals surface area contributed by atoms with Gasteiger partial charge in [0.2, 0.25) is 0 Å². The van der Waals surface area contributed by atoms with Crippen molar-refractivity contribution in [3.63, 3.8) is 0 Å². The lowest BCUT2D eigenvalue weighted by Crippen LogP contribution is -2.54. The van der Waals surface area contributed by atoms with Gasteiger partial charge >= 0.3 is 5.97 Å². The SMILES string of the molecule is C=C1C(=O)O[C@H]2[C@H]3O[C@@H](C[C@@H]12)[C@@]1(C)CC[C@H](O1)C(C)=CCC[C@H]3C. The molecule has 24 heavy (non-hydrogen) atoms. The lowest BCUT2D eigenvalue weighted by atomic mass is 9.77. The Labute approximate surface area is 144 Å². The fourth-order valence-corrected chi connectivity index (χ4v) is 4.90. The van der Waals surface area contributed by atoms with Crippen molar-refractivity contribution in [1.82, 2.24) is 0 Å². The van der Waals surface area contributed by atoms with Crippen LogP contribution in [0.25, 0.3) is 0 Å². The Kier molecular flexibility index (Phi) is 3.88. The van der Waals surface area contributed by atoms with Crippen LogP contribution in [0.2, 0.25) is 0 Å². The van der Waals surface area contributed by atoms with Gasteiger partial charge in [-0.25, -0.2) is 4.79 Å². The van der Waals surface area contributed by atoms with Crippen LogP contribution in [0.15, 0.2) is 23.8 Å². The smallest absolute Gasteiger partial charge is 0.334 e. The predicted molar refractivity (Wildman–Crippen MR) is 90.5 cm³/mol. The maximum Gasteiger partial charge on any atom is 0.334 e. The van der Waals surface area contributed by atoms with Crippen molar-refractivity contribution < 1.29 is 19.0 Å². The number of hydrogen-bond acceptors (Lipinski definition) is 4. The molecule has 4 aliphatic rings. The molecule has 132 valence electrons. The molecule has 3 saturated heterocycles. The molecular weight excluding hydrogens is 304 g/mol. The number of carbonyl (C=O) groups is 1. The molecule has 0 saturated carbocycles. The van der Waals surface area contributed by atoms with E-state index in [9.17, 15) is 4.79 Å². The molecule has 0 unspecified atom stereocenters. The van der Waals surface area contributed by atoms with Crippen LogP contribution in [0.4, 0.5) is 0 Å². The summed E-state index contributed by atoms with van der Waals surface area (Å²) in [6.45, 7) is 10.6. The van der Waals surface area contributed by atoms with Crippen LogP contribution in [-0.4, -0.2) is 36.0 Å². The van der Waals surface area contributed by atoms with E-state index >= 15 is 0 Å². The van der Waals surface area contributed by atoms with E-state index in [0.717, 1.165) is 32.1 Å². The third-order valence-electron chi connectivity index (χ3n) is 6.62. The highest BCUT2D eigenvalue weighted by Gasteiger charge is 2.55. The van der Waals surface area contributed by atoms with E-state index in [-0.39, 0.29) is 41.9 Å². The minimum Gasteiger partial charge on any atom is -0.456 e. The molecule has 0 amide bonds. The monoisotopic (exact) mass is 332 g/mol. The first-order valence-corrected chi connectivity index (χ1v) is 9.29. The van der Waals surface area contributed by atoms with Crippen molar-refractivity contribution >= 4 is 5.97 Å². The van der Waals surface area contributed by atoms with Gasteiger partial charge in [-0.15, -0.1) is 0 Å². The first-order valence-electron chi connectivity index (χ1n) is 9.29. The third-order valence-corrected chi connectivity index (χ3v) is 6.62. The average Bonchev–Trinajstić information content (AvgIpc) is 3.08. The Hall–Kier alpha value is -1.13. The lowest BCUT2D eigenvalue weighted by Gasteiger charge is -2.45. The van der Waals surface area contributed by atoms with Crippen molar-refractivity contribution in [3.05, 3.63) is 23.8 Å². The summed E-state index contributed by atoms with van der Waals surface area (Å²) in [5.74, 6) is 0.158. The van der Waals surface area contributed by atoms with Crippen LogP contribution in [0.5, 0.6) is 0 Å². The van der Waals surface area contributed by atoms with E-state index in [0.29, 0.717) is 11.5 Å². The highest BCUT2D eigenvalue weighted by molar-refractivity contribution is 5.91. The highest BCUT2D eigenvalue weighted by Crippen LogP contribution is 2.48. The van der Waals surface area contributed by atoms with Gasteiger partial charge in [-0.1, -0.05) is 19.6 Å². The molecule has 4 bridgehead atoms. The maximum atomic E-state index is 12.1. The topological polar surface area (TPSA) is 44.8 Å². The van der Waals surface area contributed by atoms with Crippen LogP contribution < -0.4 is 0 Å². The van der Waals surface area contributed by atoms with Crippen molar-refractivity contribution in [2.24, 2.45) is 11.8 Å². The van der Waals surface area contributed by atoms with E-state index in [1.54, 1.807) is 0 Å². The van der Waals surface area contributed by atoms with Crippen molar-refractivity contribution in [1.29, 1.82) is 0 Å². The van der Waals surface area contributed by atoms with Gasteiger partial charge in [0.15, 0.2) is 0 Å². The summed E-state index contributed by atoms with van der Waals surface area (Å²) < 4.78 is 18.7. The van der Waals surface area contributed by atoms with Crippen LogP contribution in [0, 0.1) is 11.8 Å². The van der Waals surface area contributed by atoms with Crippen molar-refractivity contribution in [2.45, 2.75) is 82.9 Å². The molecule has 0 aromatic heterocycles. The lowest BCUT2D eigenvalue weighted by molar-refractivity contribution is -0.212. The summed E-state index contributed by atoms with van der Waals surface area (Å²) in [6, 6.07) is 0. The van der Waals surface area contributed by atoms with Gasteiger partial charge in [0.25, 0.3) is 0 Å². The Morgan fingerprint density at radius 1 is 1.29 bits per heavy atom. The summed E-state index contributed by atoms with van der Waals surface area (Å²) in [6.07, 6.45) is 7.12. The number of allylic oxidation sites excluding steroid dienone is 1. The largest absolute Gasteiger partial charge is 0.456 e. The first-order chi connectivity index (χ1) is 11.4. The van der Waals surface area contributed by atoms with Gasteiger partial charge in [0.05, 0.1) is 23.9 Å². The molecule has 4 heteroatoms. The number of rotatable bonds is 0. The fourth-order valence-electron chi connectivity index (χ4n) is 4.90. The van der Waals surface area contributed by atoms with Gasteiger partial charge in [-0.3, -0.25) is 0 Å². The number of ether oxygens (including phenoxy) is 3. The Balaban J connectivity index is 1.70. The number of fused-ring (bicyclic) bond motifs is 7. The minimum atomic E-state index is -0.293. The van der Waals surface area contributed by atoms with Crippen LogP contribution >= 0.6 is 0 Å². The third kappa shape index (κ3) is 2.46. The van der Waals surface area contributed by atoms with E-state index in [4.69, 9.17) is 14.2 Å². The van der Waals surface area contributed by atoms with Gasteiger partial charge in [-0.05, 0) is 57.4 Å². The van der Waals surface area contributed by atoms with E-state index in [2.05, 4.69) is 33.4 Å². The van der Waals surface area contributed by atoms with Crippen molar-refractivity contribution in [3.8, 4) is 0 Å².